The molecule has 0 spiro atoms. The van der Waals surface area contributed by atoms with Gasteiger partial charge in [0.15, 0.2) is 6.10 Å². The molecule has 1 atom stereocenters. The molecule has 16 heavy (non-hydrogen) atoms. The summed E-state index contributed by atoms with van der Waals surface area (Å²) < 4.78 is 5.76. The van der Waals surface area contributed by atoms with E-state index in [9.17, 15) is 5.11 Å². The molecule has 0 fully saturated rings. The first-order valence-electron chi connectivity index (χ1n) is 5.42. The summed E-state index contributed by atoms with van der Waals surface area (Å²) in [6, 6.07) is 5.27. The molecule has 1 heterocycles. The maximum Gasteiger partial charge on any atom is 0.152 e. The Labute approximate surface area is 95.0 Å². The summed E-state index contributed by atoms with van der Waals surface area (Å²) >= 11 is 0. The molecule has 4 heteroatoms. The van der Waals surface area contributed by atoms with Crippen LogP contribution in [0.1, 0.15) is 12.5 Å². The summed E-state index contributed by atoms with van der Waals surface area (Å²) in [5.41, 5.74) is 0.757. The molecule has 1 aromatic carbocycles. The lowest BCUT2D eigenvalue weighted by Crippen LogP contribution is -2.33. The quantitative estimate of drug-likeness (QED) is 0.811. The van der Waals surface area contributed by atoms with Gasteiger partial charge in [-0.15, -0.1) is 0 Å². The molecule has 2 rings (SSSR count). The minimum Gasteiger partial charge on any atom is -0.508 e. The van der Waals surface area contributed by atoms with Crippen LogP contribution in [0.3, 0.4) is 0 Å². The van der Waals surface area contributed by atoms with E-state index in [-0.39, 0.29) is 11.9 Å². The minimum atomic E-state index is -0.108. The Hall–Kier alpha value is -1.71. The van der Waals surface area contributed by atoms with Crippen molar-refractivity contribution in [3.05, 3.63) is 23.8 Å². The van der Waals surface area contributed by atoms with E-state index in [1.807, 2.05) is 19.9 Å². The maximum absolute atomic E-state index is 9.55. The van der Waals surface area contributed by atoms with E-state index in [0.717, 1.165) is 24.5 Å². The third kappa shape index (κ3) is 2.10. The summed E-state index contributed by atoms with van der Waals surface area (Å²) in [6.07, 6.45) is -0.108. The number of aliphatic imine (C=N–C) groups is 1. The number of phenols is 1. The summed E-state index contributed by atoms with van der Waals surface area (Å²) in [7, 11) is 0. The number of aromatic hydroxyl groups is 1. The summed E-state index contributed by atoms with van der Waals surface area (Å²) in [5.74, 6) is 1.83. The second kappa shape index (κ2) is 4.43. The predicted octanol–water partition coefficient (Wildman–Crippen LogP) is 1.47. The molecule has 0 bridgehead atoms. The third-order valence-corrected chi connectivity index (χ3v) is 2.64. The molecule has 2 N–H and O–H groups in total. The number of hydrogen-bond acceptors (Lipinski definition) is 4. The lowest BCUT2D eigenvalue weighted by atomic mass is 10.2. The second-order valence-electron chi connectivity index (χ2n) is 3.85. The first-order valence-corrected chi connectivity index (χ1v) is 5.42. The summed E-state index contributed by atoms with van der Waals surface area (Å²) in [4.78, 5) is 4.30. The van der Waals surface area contributed by atoms with Crippen LogP contribution in [0.4, 0.5) is 0 Å². The zero-order valence-corrected chi connectivity index (χ0v) is 9.53. The van der Waals surface area contributed by atoms with Gasteiger partial charge < -0.3 is 15.2 Å². The number of benzene rings is 1. The Kier molecular flexibility index (Phi) is 2.99. The van der Waals surface area contributed by atoms with Crippen molar-refractivity contribution in [2.45, 2.75) is 20.0 Å². The molecular weight excluding hydrogens is 204 g/mol. The van der Waals surface area contributed by atoms with Crippen LogP contribution in [0.5, 0.6) is 11.5 Å². The molecule has 0 saturated heterocycles. The van der Waals surface area contributed by atoms with E-state index in [2.05, 4.69) is 10.3 Å². The average molecular weight is 220 g/mol. The zero-order chi connectivity index (χ0) is 11.5. The molecule has 86 valence electrons. The largest absolute Gasteiger partial charge is 0.508 e. The van der Waals surface area contributed by atoms with Crippen LogP contribution in [0.25, 0.3) is 0 Å². The van der Waals surface area contributed by atoms with Crippen LogP contribution < -0.4 is 10.1 Å². The number of nitrogens with zero attached hydrogens (tertiary/aromatic N) is 1. The van der Waals surface area contributed by atoms with Crippen molar-refractivity contribution in [1.82, 2.24) is 5.32 Å². The molecule has 0 saturated carbocycles. The van der Waals surface area contributed by atoms with E-state index < -0.39 is 0 Å². The number of hydrogen-bond donors (Lipinski definition) is 2. The van der Waals surface area contributed by atoms with Gasteiger partial charge in [-0.25, -0.2) is 0 Å². The smallest absolute Gasteiger partial charge is 0.152 e. The lowest BCUT2D eigenvalue weighted by Gasteiger charge is -2.17. The average Bonchev–Trinajstić information content (AvgIpc) is 2.78. The van der Waals surface area contributed by atoms with Gasteiger partial charge in [0.05, 0.1) is 6.54 Å². The van der Waals surface area contributed by atoms with Crippen LogP contribution in [0.15, 0.2) is 23.2 Å². The number of rotatable bonds is 3. The molecule has 1 unspecified atom stereocenters. The fraction of sp³-hybridized carbons (Fsp3) is 0.417. The highest BCUT2D eigenvalue weighted by Crippen LogP contribution is 2.26. The van der Waals surface area contributed by atoms with Crippen molar-refractivity contribution in [3.8, 4) is 11.5 Å². The molecular formula is C12H16N2O2. The topological polar surface area (TPSA) is 53.9 Å². The number of amidine groups is 1. The molecule has 1 aliphatic rings. The summed E-state index contributed by atoms with van der Waals surface area (Å²) in [5, 5.41) is 12.7. The van der Waals surface area contributed by atoms with E-state index in [0.29, 0.717) is 5.75 Å². The van der Waals surface area contributed by atoms with Crippen molar-refractivity contribution in [2.75, 3.05) is 13.1 Å². The molecule has 0 aliphatic carbocycles. The zero-order valence-electron chi connectivity index (χ0n) is 9.53. The Bertz CT molecular complexity index is 415. The Morgan fingerprint density at radius 2 is 2.31 bits per heavy atom. The Morgan fingerprint density at radius 1 is 1.50 bits per heavy atom. The van der Waals surface area contributed by atoms with Crippen LogP contribution in [-0.2, 0) is 0 Å². The lowest BCUT2D eigenvalue weighted by molar-refractivity contribution is 0.280. The monoisotopic (exact) mass is 220 g/mol. The van der Waals surface area contributed by atoms with Crippen molar-refractivity contribution >= 4 is 5.84 Å². The first kappa shape index (κ1) is 10.8. The van der Waals surface area contributed by atoms with Gasteiger partial charge in [-0.2, -0.15) is 0 Å². The SMILES string of the molecule is Cc1c(O)cccc1OC(C)C1=NCCN1. The minimum absolute atomic E-state index is 0.108. The highest BCUT2D eigenvalue weighted by molar-refractivity contribution is 5.87. The molecule has 1 aromatic rings. The fourth-order valence-corrected chi connectivity index (χ4v) is 1.67. The van der Waals surface area contributed by atoms with Gasteiger partial charge in [-0.1, -0.05) is 6.07 Å². The van der Waals surface area contributed by atoms with Crippen LogP contribution >= 0.6 is 0 Å². The van der Waals surface area contributed by atoms with Gasteiger partial charge in [-0.05, 0) is 26.0 Å². The first-order chi connectivity index (χ1) is 7.68. The standard InChI is InChI=1S/C12H16N2O2/c1-8-10(15)4-3-5-11(8)16-9(2)12-13-6-7-14-12/h3-5,9,15H,6-7H2,1-2H3,(H,13,14). The highest BCUT2D eigenvalue weighted by atomic mass is 16.5. The molecule has 4 nitrogen and oxygen atoms in total. The van der Waals surface area contributed by atoms with Gasteiger partial charge in [0.1, 0.15) is 17.3 Å². The van der Waals surface area contributed by atoms with Gasteiger partial charge in [-0.3, -0.25) is 4.99 Å². The van der Waals surface area contributed by atoms with E-state index in [4.69, 9.17) is 4.74 Å². The molecule has 0 aromatic heterocycles. The number of nitrogens with one attached hydrogen (secondary N) is 1. The van der Waals surface area contributed by atoms with E-state index >= 15 is 0 Å². The molecule has 0 amide bonds. The number of ether oxygens (including phenoxy) is 1. The van der Waals surface area contributed by atoms with Gasteiger partial charge in [0.2, 0.25) is 0 Å². The molecule has 0 radical (unpaired) electrons. The van der Waals surface area contributed by atoms with Gasteiger partial charge in [0.25, 0.3) is 0 Å². The second-order valence-corrected chi connectivity index (χ2v) is 3.85. The fourth-order valence-electron chi connectivity index (χ4n) is 1.67. The van der Waals surface area contributed by atoms with Crippen molar-refractivity contribution in [3.63, 3.8) is 0 Å². The molecule has 1 aliphatic heterocycles. The van der Waals surface area contributed by atoms with Crippen LogP contribution in [0.2, 0.25) is 0 Å². The van der Waals surface area contributed by atoms with Crippen molar-refractivity contribution in [1.29, 1.82) is 0 Å². The van der Waals surface area contributed by atoms with Crippen molar-refractivity contribution < 1.29 is 9.84 Å². The van der Waals surface area contributed by atoms with Gasteiger partial charge in [0, 0.05) is 12.1 Å². The van der Waals surface area contributed by atoms with E-state index in [1.54, 1.807) is 12.1 Å². The highest BCUT2D eigenvalue weighted by Gasteiger charge is 2.16. The van der Waals surface area contributed by atoms with Gasteiger partial charge >= 0.3 is 0 Å². The predicted molar refractivity (Wildman–Crippen MR) is 63.2 cm³/mol. The Morgan fingerprint density at radius 3 is 3.00 bits per heavy atom. The third-order valence-electron chi connectivity index (χ3n) is 2.64. The van der Waals surface area contributed by atoms with E-state index in [1.165, 1.54) is 0 Å². The van der Waals surface area contributed by atoms with Crippen LogP contribution in [-0.4, -0.2) is 30.1 Å². The summed E-state index contributed by atoms with van der Waals surface area (Å²) in [6.45, 7) is 5.46. The number of phenolic OH excluding ortho intramolecular Hbond substituents is 1. The maximum atomic E-state index is 9.55. The van der Waals surface area contributed by atoms with Crippen LogP contribution in [0, 0.1) is 6.92 Å². The van der Waals surface area contributed by atoms with Crippen molar-refractivity contribution in [2.24, 2.45) is 4.99 Å². The normalized spacial score (nSPS) is 16.5. The Balaban J connectivity index is 2.11.